The van der Waals surface area contributed by atoms with Gasteiger partial charge >= 0.3 is 0 Å². The Bertz CT molecular complexity index is 256. The third-order valence-corrected chi connectivity index (χ3v) is 1.75. The topological polar surface area (TPSA) is 18.5 Å². The van der Waals surface area contributed by atoms with E-state index in [1.165, 1.54) is 0 Å². The molecule has 0 saturated carbocycles. The highest BCUT2D eigenvalue weighted by atomic mass is 16.5. The zero-order valence-corrected chi connectivity index (χ0v) is 7.63. The van der Waals surface area contributed by atoms with Crippen molar-refractivity contribution in [3.8, 4) is 11.5 Å². The highest BCUT2D eigenvalue weighted by molar-refractivity contribution is 5.43. The summed E-state index contributed by atoms with van der Waals surface area (Å²) < 4.78 is 10.2. The molecular formula is C10H13O2. The predicted molar refractivity (Wildman–Crippen MR) is 48.6 cm³/mol. The Morgan fingerprint density at radius 1 is 1.17 bits per heavy atom. The fourth-order valence-corrected chi connectivity index (χ4v) is 1.06. The second-order valence-corrected chi connectivity index (χ2v) is 2.40. The molecule has 0 unspecified atom stereocenters. The number of benzene rings is 1. The van der Waals surface area contributed by atoms with Crippen LogP contribution >= 0.6 is 0 Å². The molecule has 1 radical (unpaired) electrons. The van der Waals surface area contributed by atoms with Crippen molar-refractivity contribution in [2.45, 2.75) is 6.92 Å². The van der Waals surface area contributed by atoms with Gasteiger partial charge in [0.05, 0.1) is 14.2 Å². The van der Waals surface area contributed by atoms with Crippen LogP contribution in [0.2, 0.25) is 0 Å². The minimum atomic E-state index is 0.817. The first-order valence-electron chi connectivity index (χ1n) is 3.83. The normalized spacial score (nSPS) is 9.58. The van der Waals surface area contributed by atoms with Gasteiger partial charge in [-0.05, 0) is 18.1 Å². The lowest BCUT2D eigenvalue weighted by atomic mass is 10.1. The molecule has 0 atom stereocenters. The van der Waals surface area contributed by atoms with Crippen molar-refractivity contribution in [3.05, 3.63) is 30.2 Å². The Morgan fingerprint density at radius 3 is 2.42 bits per heavy atom. The van der Waals surface area contributed by atoms with Gasteiger partial charge in [-0.25, -0.2) is 0 Å². The van der Waals surface area contributed by atoms with Gasteiger partial charge in [0.2, 0.25) is 0 Å². The molecule has 12 heavy (non-hydrogen) atoms. The van der Waals surface area contributed by atoms with Crippen molar-refractivity contribution >= 4 is 0 Å². The Morgan fingerprint density at radius 2 is 1.92 bits per heavy atom. The highest BCUT2D eigenvalue weighted by Gasteiger charge is 2.01. The first kappa shape index (κ1) is 8.91. The maximum atomic E-state index is 5.17. The van der Waals surface area contributed by atoms with Gasteiger partial charge in [-0.1, -0.05) is 13.0 Å². The van der Waals surface area contributed by atoms with Crippen molar-refractivity contribution in [3.63, 3.8) is 0 Å². The lowest BCUT2D eigenvalue weighted by Crippen LogP contribution is -1.90. The molecule has 0 aliphatic heterocycles. The predicted octanol–water partition coefficient (Wildman–Crippen LogP) is 2.28. The maximum Gasteiger partial charge on any atom is 0.126 e. The fraction of sp³-hybridized carbons (Fsp3) is 0.300. The monoisotopic (exact) mass is 165 g/mol. The molecule has 0 saturated heterocycles. The Balaban J connectivity index is 3.02. The van der Waals surface area contributed by atoms with Crippen LogP contribution in [-0.4, -0.2) is 14.2 Å². The van der Waals surface area contributed by atoms with E-state index in [2.05, 4.69) is 0 Å². The highest BCUT2D eigenvalue weighted by Crippen LogP contribution is 2.25. The van der Waals surface area contributed by atoms with Crippen molar-refractivity contribution in [2.24, 2.45) is 0 Å². The molecule has 0 aliphatic rings. The minimum absolute atomic E-state index is 0.817. The Hall–Kier alpha value is -1.18. The number of hydrogen-bond donors (Lipinski definition) is 0. The molecule has 1 aromatic rings. The molecule has 0 aromatic heterocycles. The van der Waals surface area contributed by atoms with Crippen molar-refractivity contribution in [2.75, 3.05) is 14.2 Å². The van der Waals surface area contributed by atoms with Crippen LogP contribution in [-0.2, 0) is 0 Å². The van der Waals surface area contributed by atoms with Gasteiger partial charge in [-0.3, -0.25) is 0 Å². The van der Waals surface area contributed by atoms with Crippen molar-refractivity contribution in [1.82, 2.24) is 0 Å². The van der Waals surface area contributed by atoms with Gasteiger partial charge in [-0.2, -0.15) is 0 Å². The molecule has 1 rings (SSSR count). The molecular weight excluding hydrogens is 152 g/mol. The summed E-state index contributed by atoms with van der Waals surface area (Å²) >= 11 is 0. The van der Waals surface area contributed by atoms with E-state index in [4.69, 9.17) is 9.47 Å². The van der Waals surface area contributed by atoms with E-state index >= 15 is 0 Å². The fourth-order valence-electron chi connectivity index (χ4n) is 1.06. The third-order valence-electron chi connectivity index (χ3n) is 1.75. The van der Waals surface area contributed by atoms with Crippen LogP contribution in [0.3, 0.4) is 0 Å². The van der Waals surface area contributed by atoms with Gasteiger partial charge < -0.3 is 9.47 Å². The van der Waals surface area contributed by atoms with Crippen LogP contribution in [0.15, 0.2) is 18.2 Å². The SMILES string of the molecule is C[CH]c1ccc(OC)cc1OC. The molecule has 0 N–H and O–H groups in total. The van der Waals surface area contributed by atoms with E-state index in [9.17, 15) is 0 Å². The summed E-state index contributed by atoms with van der Waals surface area (Å²) in [4.78, 5) is 0. The van der Waals surface area contributed by atoms with Crippen LogP contribution in [0.1, 0.15) is 12.5 Å². The maximum absolute atomic E-state index is 5.17. The van der Waals surface area contributed by atoms with Crippen LogP contribution < -0.4 is 9.47 Å². The van der Waals surface area contributed by atoms with E-state index in [-0.39, 0.29) is 0 Å². The lowest BCUT2D eigenvalue weighted by Gasteiger charge is -2.07. The molecule has 0 aliphatic carbocycles. The summed E-state index contributed by atoms with van der Waals surface area (Å²) in [6.07, 6.45) is 2.00. The molecule has 0 bridgehead atoms. The Labute approximate surface area is 73.1 Å². The van der Waals surface area contributed by atoms with E-state index < -0.39 is 0 Å². The number of methoxy groups -OCH3 is 2. The summed E-state index contributed by atoms with van der Waals surface area (Å²) in [7, 11) is 3.30. The first-order valence-corrected chi connectivity index (χ1v) is 3.83. The van der Waals surface area contributed by atoms with Crippen LogP contribution in [0, 0.1) is 6.42 Å². The third kappa shape index (κ3) is 1.70. The van der Waals surface area contributed by atoms with Crippen LogP contribution in [0.4, 0.5) is 0 Å². The summed E-state index contributed by atoms with van der Waals surface area (Å²) in [5.41, 5.74) is 1.08. The lowest BCUT2D eigenvalue weighted by molar-refractivity contribution is 0.393. The van der Waals surface area contributed by atoms with Crippen molar-refractivity contribution in [1.29, 1.82) is 0 Å². The average molecular weight is 165 g/mol. The molecule has 0 spiro atoms. The van der Waals surface area contributed by atoms with E-state index in [1.807, 2.05) is 31.5 Å². The number of hydrogen-bond acceptors (Lipinski definition) is 2. The molecule has 65 valence electrons. The molecule has 2 heteroatoms. The second-order valence-electron chi connectivity index (χ2n) is 2.40. The quantitative estimate of drug-likeness (QED) is 0.684. The minimum Gasteiger partial charge on any atom is -0.497 e. The standard InChI is InChI=1S/C10H13O2/c1-4-8-5-6-9(11-2)7-10(8)12-3/h4-7H,1-3H3. The van der Waals surface area contributed by atoms with E-state index in [0.29, 0.717) is 0 Å². The van der Waals surface area contributed by atoms with Gasteiger partial charge in [0.25, 0.3) is 0 Å². The van der Waals surface area contributed by atoms with Gasteiger partial charge in [0.1, 0.15) is 11.5 Å². The smallest absolute Gasteiger partial charge is 0.126 e. The summed E-state index contributed by atoms with van der Waals surface area (Å²) in [5, 5.41) is 0. The molecule has 0 heterocycles. The van der Waals surface area contributed by atoms with Gasteiger partial charge in [-0.15, -0.1) is 0 Å². The molecule has 0 amide bonds. The van der Waals surface area contributed by atoms with Gasteiger partial charge in [0.15, 0.2) is 0 Å². The summed E-state index contributed by atoms with van der Waals surface area (Å²) in [5.74, 6) is 1.66. The molecule has 1 aromatic carbocycles. The summed E-state index contributed by atoms with van der Waals surface area (Å²) in [6, 6.07) is 5.75. The second kappa shape index (κ2) is 4.00. The van der Waals surface area contributed by atoms with Gasteiger partial charge in [0, 0.05) is 6.07 Å². The van der Waals surface area contributed by atoms with E-state index in [0.717, 1.165) is 17.1 Å². The first-order chi connectivity index (χ1) is 5.81. The zero-order valence-electron chi connectivity index (χ0n) is 7.63. The Kier molecular flexibility index (Phi) is 2.97. The number of rotatable bonds is 3. The van der Waals surface area contributed by atoms with Crippen LogP contribution in [0.5, 0.6) is 11.5 Å². The van der Waals surface area contributed by atoms with Crippen molar-refractivity contribution < 1.29 is 9.47 Å². The zero-order chi connectivity index (χ0) is 8.97. The van der Waals surface area contributed by atoms with E-state index in [1.54, 1.807) is 14.2 Å². The summed E-state index contributed by atoms with van der Waals surface area (Å²) in [6.45, 7) is 1.98. The average Bonchev–Trinajstić information content (AvgIpc) is 2.16. The number of ether oxygens (including phenoxy) is 2. The molecule has 2 nitrogen and oxygen atoms in total. The van der Waals surface area contributed by atoms with Crippen LogP contribution in [0.25, 0.3) is 0 Å². The largest absolute Gasteiger partial charge is 0.497 e. The molecule has 0 fully saturated rings.